The highest BCUT2D eigenvalue weighted by atomic mass is 35.5. The van der Waals surface area contributed by atoms with Gasteiger partial charge in [0.05, 0.1) is 21.3 Å². The number of carbonyl (C=O) groups excluding carboxylic acids is 1. The molecule has 0 spiro atoms. The number of nitrogen functional groups attached to an aromatic ring is 1. The van der Waals surface area contributed by atoms with Gasteiger partial charge >= 0.3 is 0 Å². The molecule has 2 aromatic carbocycles. The molecule has 0 heterocycles. The lowest BCUT2D eigenvalue weighted by Gasteiger charge is -2.10. The zero-order valence-corrected chi connectivity index (χ0v) is 12.7. The molecule has 0 aromatic heterocycles. The standard InChI is InChI=1S/C14H13ClN2O3S/c1-9(18)10-3-2-4-12(7-10)21(19,20)17-11-5-6-14(16)13(15)8-11/h2-8,17H,16H2,1H3. The molecule has 0 atom stereocenters. The van der Waals surface area contributed by atoms with E-state index in [1.165, 1.54) is 43.3 Å². The molecule has 5 nitrogen and oxygen atoms in total. The predicted molar refractivity (Wildman–Crippen MR) is 83.1 cm³/mol. The second kappa shape index (κ2) is 5.75. The second-order valence-electron chi connectivity index (χ2n) is 4.43. The lowest BCUT2D eigenvalue weighted by molar-refractivity contribution is 0.101. The molecule has 0 fully saturated rings. The van der Waals surface area contributed by atoms with Gasteiger partial charge in [0.2, 0.25) is 0 Å². The molecule has 3 N–H and O–H groups in total. The van der Waals surface area contributed by atoms with Crippen LogP contribution in [0, 0.1) is 0 Å². The fourth-order valence-electron chi connectivity index (χ4n) is 1.69. The Balaban J connectivity index is 2.36. The lowest BCUT2D eigenvalue weighted by Crippen LogP contribution is -2.13. The summed E-state index contributed by atoms with van der Waals surface area (Å²) in [4.78, 5) is 11.3. The summed E-state index contributed by atoms with van der Waals surface area (Å²) in [7, 11) is -3.80. The highest BCUT2D eigenvalue weighted by Crippen LogP contribution is 2.24. The Kier molecular flexibility index (Phi) is 4.20. The van der Waals surface area contributed by atoms with Gasteiger partial charge in [0.1, 0.15) is 0 Å². The minimum Gasteiger partial charge on any atom is -0.398 e. The number of nitrogens with two attached hydrogens (primary N) is 1. The van der Waals surface area contributed by atoms with Crippen LogP contribution in [0.4, 0.5) is 11.4 Å². The van der Waals surface area contributed by atoms with Crippen LogP contribution in [0.2, 0.25) is 5.02 Å². The van der Waals surface area contributed by atoms with Crippen molar-refractivity contribution in [2.24, 2.45) is 0 Å². The molecule has 0 aliphatic carbocycles. The third-order valence-electron chi connectivity index (χ3n) is 2.80. The third kappa shape index (κ3) is 3.53. The second-order valence-corrected chi connectivity index (χ2v) is 6.52. The van der Waals surface area contributed by atoms with Crippen molar-refractivity contribution >= 4 is 38.8 Å². The van der Waals surface area contributed by atoms with Gasteiger partial charge in [-0.1, -0.05) is 23.7 Å². The SMILES string of the molecule is CC(=O)c1cccc(S(=O)(=O)Nc2ccc(N)c(Cl)c2)c1. The summed E-state index contributed by atoms with van der Waals surface area (Å²) in [6.07, 6.45) is 0. The van der Waals surface area contributed by atoms with Crippen molar-refractivity contribution in [2.45, 2.75) is 11.8 Å². The minimum atomic E-state index is -3.80. The monoisotopic (exact) mass is 324 g/mol. The zero-order valence-electron chi connectivity index (χ0n) is 11.1. The molecule has 0 bridgehead atoms. The first-order chi connectivity index (χ1) is 9.79. The number of Topliss-reactive ketones (excluding diaryl/α,β-unsaturated/α-hetero) is 1. The van der Waals surface area contributed by atoms with Gasteiger partial charge in [0, 0.05) is 5.56 Å². The largest absolute Gasteiger partial charge is 0.398 e. The molecule has 0 saturated heterocycles. The topological polar surface area (TPSA) is 89.3 Å². The van der Waals surface area contributed by atoms with Gasteiger partial charge in [0.15, 0.2) is 5.78 Å². The normalized spacial score (nSPS) is 11.1. The van der Waals surface area contributed by atoms with Crippen LogP contribution >= 0.6 is 11.6 Å². The molecule has 0 saturated carbocycles. The number of halogens is 1. The molecule has 21 heavy (non-hydrogen) atoms. The summed E-state index contributed by atoms with van der Waals surface area (Å²) in [5.41, 5.74) is 6.55. The molecular weight excluding hydrogens is 312 g/mol. The van der Waals surface area contributed by atoms with Crippen LogP contribution in [0.1, 0.15) is 17.3 Å². The van der Waals surface area contributed by atoms with Crippen molar-refractivity contribution < 1.29 is 13.2 Å². The Morgan fingerprint density at radius 1 is 1.19 bits per heavy atom. The van der Waals surface area contributed by atoms with E-state index in [0.29, 0.717) is 16.9 Å². The van der Waals surface area contributed by atoms with Crippen molar-refractivity contribution in [3.8, 4) is 0 Å². The van der Waals surface area contributed by atoms with Crippen LogP contribution in [0.5, 0.6) is 0 Å². The predicted octanol–water partition coefficient (Wildman–Crippen LogP) is 2.93. The Labute approximate surface area is 127 Å². The first-order valence-electron chi connectivity index (χ1n) is 5.98. The van der Waals surface area contributed by atoms with E-state index in [1.807, 2.05) is 0 Å². The quantitative estimate of drug-likeness (QED) is 0.668. The summed E-state index contributed by atoms with van der Waals surface area (Å²) in [6.45, 7) is 1.37. The number of anilines is 2. The number of nitrogens with one attached hydrogen (secondary N) is 1. The summed E-state index contributed by atoms with van der Waals surface area (Å²) in [6, 6.07) is 10.2. The Morgan fingerprint density at radius 3 is 2.52 bits per heavy atom. The van der Waals surface area contributed by atoms with Crippen LogP contribution in [-0.2, 0) is 10.0 Å². The average molecular weight is 325 g/mol. The van der Waals surface area contributed by atoms with Gasteiger partial charge in [-0.15, -0.1) is 0 Å². The number of rotatable bonds is 4. The van der Waals surface area contributed by atoms with Crippen molar-refractivity contribution in [3.63, 3.8) is 0 Å². The molecule has 2 rings (SSSR count). The van der Waals surface area contributed by atoms with Crippen LogP contribution in [0.3, 0.4) is 0 Å². The molecule has 0 unspecified atom stereocenters. The maximum atomic E-state index is 12.3. The molecule has 7 heteroatoms. The number of hydrogen-bond donors (Lipinski definition) is 2. The van der Waals surface area contributed by atoms with E-state index in [4.69, 9.17) is 17.3 Å². The van der Waals surface area contributed by atoms with Gasteiger partial charge in [-0.3, -0.25) is 9.52 Å². The van der Waals surface area contributed by atoms with Crippen LogP contribution in [0.25, 0.3) is 0 Å². The van der Waals surface area contributed by atoms with Gasteiger partial charge in [-0.25, -0.2) is 8.42 Å². The van der Waals surface area contributed by atoms with E-state index < -0.39 is 10.0 Å². The molecule has 2 aromatic rings. The van der Waals surface area contributed by atoms with Crippen molar-refractivity contribution in [3.05, 3.63) is 53.1 Å². The van der Waals surface area contributed by atoms with E-state index >= 15 is 0 Å². The fourth-order valence-corrected chi connectivity index (χ4v) is 2.96. The van der Waals surface area contributed by atoms with Crippen molar-refractivity contribution in [1.29, 1.82) is 0 Å². The van der Waals surface area contributed by atoms with E-state index in [1.54, 1.807) is 6.07 Å². The van der Waals surface area contributed by atoms with E-state index in [-0.39, 0.29) is 15.7 Å². The minimum absolute atomic E-state index is 0.00291. The smallest absolute Gasteiger partial charge is 0.261 e. The Bertz CT molecular complexity index is 804. The number of carbonyl (C=O) groups is 1. The van der Waals surface area contributed by atoms with E-state index in [9.17, 15) is 13.2 Å². The zero-order chi connectivity index (χ0) is 15.6. The molecule has 0 aliphatic rings. The number of ketones is 1. The maximum absolute atomic E-state index is 12.3. The molecular formula is C14H13ClN2O3S. The molecule has 0 amide bonds. The van der Waals surface area contributed by atoms with Gasteiger partial charge < -0.3 is 5.73 Å². The Morgan fingerprint density at radius 2 is 1.90 bits per heavy atom. The third-order valence-corrected chi connectivity index (χ3v) is 4.51. The molecule has 110 valence electrons. The summed E-state index contributed by atoms with van der Waals surface area (Å²) in [5.74, 6) is -0.206. The lowest BCUT2D eigenvalue weighted by atomic mass is 10.2. The van der Waals surface area contributed by atoms with Crippen molar-refractivity contribution in [1.82, 2.24) is 0 Å². The first kappa shape index (κ1) is 15.3. The van der Waals surface area contributed by atoms with Crippen LogP contribution in [0.15, 0.2) is 47.4 Å². The van der Waals surface area contributed by atoms with E-state index in [0.717, 1.165) is 0 Å². The molecule has 0 aliphatic heterocycles. The van der Waals surface area contributed by atoms with Gasteiger partial charge in [-0.05, 0) is 37.3 Å². The average Bonchev–Trinajstić information content (AvgIpc) is 2.43. The highest BCUT2D eigenvalue weighted by Gasteiger charge is 2.16. The summed E-state index contributed by atoms with van der Waals surface area (Å²) >= 11 is 5.85. The van der Waals surface area contributed by atoms with Gasteiger partial charge in [-0.2, -0.15) is 0 Å². The van der Waals surface area contributed by atoms with Crippen LogP contribution < -0.4 is 10.5 Å². The summed E-state index contributed by atoms with van der Waals surface area (Å²) < 4.78 is 26.9. The van der Waals surface area contributed by atoms with Crippen LogP contribution in [-0.4, -0.2) is 14.2 Å². The number of benzene rings is 2. The molecule has 0 radical (unpaired) electrons. The number of hydrogen-bond acceptors (Lipinski definition) is 4. The summed E-state index contributed by atoms with van der Waals surface area (Å²) in [5, 5.41) is 0.257. The van der Waals surface area contributed by atoms with Crippen molar-refractivity contribution in [2.75, 3.05) is 10.5 Å². The van der Waals surface area contributed by atoms with E-state index in [2.05, 4.69) is 4.72 Å². The maximum Gasteiger partial charge on any atom is 0.261 e. The number of sulfonamides is 1. The highest BCUT2D eigenvalue weighted by molar-refractivity contribution is 7.92. The first-order valence-corrected chi connectivity index (χ1v) is 7.84. The Hall–Kier alpha value is -2.05. The van der Waals surface area contributed by atoms with Gasteiger partial charge in [0.25, 0.3) is 10.0 Å². The fraction of sp³-hybridized carbons (Fsp3) is 0.0714.